The van der Waals surface area contributed by atoms with E-state index in [1.54, 1.807) is 0 Å². The van der Waals surface area contributed by atoms with E-state index in [0.717, 1.165) is 48.7 Å². The van der Waals surface area contributed by atoms with E-state index in [2.05, 4.69) is 28.5 Å². The van der Waals surface area contributed by atoms with Gasteiger partial charge in [0.15, 0.2) is 0 Å². The van der Waals surface area contributed by atoms with Gasteiger partial charge in [-0.25, -0.2) is 4.98 Å². The smallest absolute Gasteiger partial charge is 0.140 e. The Morgan fingerprint density at radius 1 is 1.19 bits per heavy atom. The Labute approximate surface area is 127 Å². The first-order chi connectivity index (χ1) is 10.2. The van der Waals surface area contributed by atoms with E-state index in [9.17, 15) is 5.11 Å². The number of unbranched alkanes of at least 4 members (excludes halogenated alkanes) is 1. The van der Waals surface area contributed by atoms with Crippen molar-refractivity contribution in [1.82, 2.24) is 14.5 Å². The highest BCUT2D eigenvalue weighted by Crippen LogP contribution is 2.24. The zero-order valence-corrected chi connectivity index (χ0v) is 13.2. The van der Waals surface area contributed by atoms with Crippen molar-refractivity contribution in [3.63, 3.8) is 0 Å². The molecule has 0 fully saturated rings. The number of aliphatic hydroxyl groups excluding tert-OH is 1. The van der Waals surface area contributed by atoms with Crippen LogP contribution in [0.5, 0.6) is 0 Å². The molecule has 0 aliphatic rings. The number of hydrogen-bond donors (Lipinski definition) is 1. The summed E-state index contributed by atoms with van der Waals surface area (Å²) in [5, 5.41) is 9.65. The standard InChI is InChI=1S/C17H25N3O/c1-4-5-11-20-16(12-19(2)3)15(13-21)18-17(20)14-9-7-6-8-10-14/h6-10,21H,4-5,11-13H2,1-3H3. The van der Waals surface area contributed by atoms with Gasteiger partial charge in [-0.15, -0.1) is 0 Å². The molecule has 0 spiro atoms. The molecule has 0 radical (unpaired) electrons. The Hall–Kier alpha value is -1.65. The van der Waals surface area contributed by atoms with Gasteiger partial charge in [-0.1, -0.05) is 43.7 Å². The Morgan fingerprint density at radius 2 is 1.90 bits per heavy atom. The molecular weight excluding hydrogens is 262 g/mol. The third-order valence-corrected chi connectivity index (χ3v) is 3.54. The highest BCUT2D eigenvalue weighted by molar-refractivity contribution is 5.56. The second kappa shape index (κ2) is 7.38. The van der Waals surface area contributed by atoms with Gasteiger partial charge in [0.2, 0.25) is 0 Å². The Morgan fingerprint density at radius 3 is 2.48 bits per heavy atom. The molecule has 2 rings (SSSR count). The van der Waals surface area contributed by atoms with Crippen molar-refractivity contribution < 1.29 is 5.11 Å². The van der Waals surface area contributed by atoms with Crippen LogP contribution in [0.4, 0.5) is 0 Å². The van der Waals surface area contributed by atoms with Crippen molar-refractivity contribution in [3.8, 4) is 11.4 Å². The zero-order valence-electron chi connectivity index (χ0n) is 13.2. The highest BCUT2D eigenvalue weighted by Gasteiger charge is 2.17. The molecule has 0 aliphatic heterocycles. The van der Waals surface area contributed by atoms with Gasteiger partial charge in [-0.2, -0.15) is 0 Å². The van der Waals surface area contributed by atoms with Crippen molar-refractivity contribution in [1.29, 1.82) is 0 Å². The van der Waals surface area contributed by atoms with Crippen molar-refractivity contribution in [2.75, 3.05) is 14.1 Å². The quantitative estimate of drug-likeness (QED) is 0.851. The van der Waals surface area contributed by atoms with Crippen molar-refractivity contribution in [3.05, 3.63) is 41.7 Å². The normalized spacial score (nSPS) is 11.3. The fourth-order valence-corrected chi connectivity index (χ4v) is 2.50. The minimum Gasteiger partial charge on any atom is -0.390 e. The average molecular weight is 287 g/mol. The van der Waals surface area contributed by atoms with E-state index < -0.39 is 0 Å². The lowest BCUT2D eigenvalue weighted by Gasteiger charge is -2.15. The molecule has 4 nitrogen and oxygen atoms in total. The molecule has 2 aromatic rings. The number of hydrogen-bond acceptors (Lipinski definition) is 3. The van der Waals surface area contributed by atoms with E-state index in [4.69, 9.17) is 4.98 Å². The summed E-state index contributed by atoms with van der Waals surface area (Å²) in [6.07, 6.45) is 2.25. The van der Waals surface area contributed by atoms with Gasteiger partial charge in [-0.3, -0.25) is 0 Å². The number of benzene rings is 1. The maximum atomic E-state index is 9.65. The molecule has 0 unspecified atom stereocenters. The van der Waals surface area contributed by atoms with Gasteiger partial charge in [0, 0.05) is 18.7 Å². The number of imidazole rings is 1. The molecule has 1 heterocycles. The van der Waals surface area contributed by atoms with Crippen LogP contribution in [0, 0.1) is 0 Å². The van der Waals surface area contributed by atoms with Crippen LogP contribution in [0.25, 0.3) is 11.4 Å². The molecule has 114 valence electrons. The fourth-order valence-electron chi connectivity index (χ4n) is 2.50. The molecule has 0 bridgehead atoms. The van der Waals surface area contributed by atoms with Gasteiger partial charge < -0.3 is 14.6 Å². The summed E-state index contributed by atoms with van der Waals surface area (Å²) in [5.74, 6) is 0.963. The minimum absolute atomic E-state index is 0.0118. The van der Waals surface area contributed by atoms with Crippen LogP contribution in [0.2, 0.25) is 0 Å². The molecule has 0 aliphatic carbocycles. The topological polar surface area (TPSA) is 41.3 Å². The third kappa shape index (κ3) is 3.71. The highest BCUT2D eigenvalue weighted by atomic mass is 16.3. The predicted octanol–water partition coefficient (Wildman–Crippen LogP) is 2.90. The maximum absolute atomic E-state index is 9.65. The van der Waals surface area contributed by atoms with Crippen LogP contribution in [0.1, 0.15) is 31.2 Å². The zero-order chi connectivity index (χ0) is 15.2. The van der Waals surface area contributed by atoms with Gasteiger partial charge >= 0.3 is 0 Å². The monoisotopic (exact) mass is 287 g/mol. The first-order valence-electron chi connectivity index (χ1n) is 7.56. The van der Waals surface area contributed by atoms with Crippen LogP contribution in [0.15, 0.2) is 30.3 Å². The number of rotatable bonds is 7. The lowest BCUT2D eigenvalue weighted by atomic mass is 10.2. The van der Waals surface area contributed by atoms with Gasteiger partial charge in [0.25, 0.3) is 0 Å². The van der Waals surface area contributed by atoms with Crippen LogP contribution in [-0.2, 0) is 19.7 Å². The average Bonchev–Trinajstić information content (AvgIpc) is 2.83. The molecule has 0 atom stereocenters. The Kier molecular flexibility index (Phi) is 5.53. The Balaban J connectivity index is 2.50. The van der Waals surface area contributed by atoms with Gasteiger partial charge in [0.1, 0.15) is 5.82 Å². The second-order valence-electron chi connectivity index (χ2n) is 5.60. The molecule has 4 heteroatoms. The van der Waals surface area contributed by atoms with E-state index in [1.807, 2.05) is 32.3 Å². The van der Waals surface area contributed by atoms with Crippen LogP contribution < -0.4 is 0 Å². The molecule has 1 aromatic heterocycles. The van der Waals surface area contributed by atoms with Crippen molar-refractivity contribution in [2.24, 2.45) is 0 Å². The van der Waals surface area contributed by atoms with Crippen molar-refractivity contribution in [2.45, 2.75) is 39.5 Å². The van der Waals surface area contributed by atoms with Gasteiger partial charge in [-0.05, 0) is 20.5 Å². The third-order valence-electron chi connectivity index (χ3n) is 3.54. The number of aliphatic hydroxyl groups is 1. The first-order valence-corrected chi connectivity index (χ1v) is 7.56. The van der Waals surface area contributed by atoms with E-state index in [1.165, 1.54) is 0 Å². The SMILES string of the molecule is CCCCn1c(-c2ccccc2)nc(CO)c1CN(C)C. The summed E-state index contributed by atoms with van der Waals surface area (Å²) >= 11 is 0. The van der Waals surface area contributed by atoms with E-state index in [-0.39, 0.29) is 6.61 Å². The fraction of sp³-hybridized carbons (Fsp3) is 0.471. The van der Waals surface area contributed by atoms with E-state index in [0.29, 0.717) is 0 Å². The van der Waals surface area contributed by atoms with Crippen LogP contribution >= 0.6 is 0 Å². The van der Waals surface area contributed by atoms with Crippen molar-refractivity contribution >= 4 is 0 Å². The summed E-state index contributed by atoms with van der Waals surface area (Å²) in [6, 6.07) is 10.2. The molecule has 1 N–H and O–H groups in total. The molecular formula is C17H25N3O. The number of nitrogens with zero attached hydrogens (tertiary/aromatic N) is 3. The van der Waals surface area contributed by atoms with Crippen LogP contribution in [0.3, 0.4) is 0 Å². The molecule has 1 aromatic carbocycles. The lowest BCUT2D eigenvalue weighted by Crippen LogP contribution is -2.16. The minimum atomic E-state index is -0.0118. The largest absolute Gasteiger partial charge is 0.390 e. The summed E-state index contributed by atoms with van der Waals surface area (Å²) in [6.45, 7) is 3.91. The predicted molar refractivity (Wildman–Crippen MR) is 85.9 cm³/mol. The first kappa shape index (κ1) is 15.7. The molecule has 0 amide bonds. The molecule has 0 saturated heterocycles. The summed E-state index contributed by atoms with van der Waals surface area (Å²) in [4.78, 5) is 6.81. The summed E-state index contributed by atoms with van der Waals surface area (Å²) in [7, 11) is 4.08. The Bertz CT molecular complexity index is 561. The van der Waals surface area contributed by atoms with E-state index >= 15 is 0 Å². The second-order valence-corrected chi connectivity index (χ2v) is 5.60. The number of aromatic nitrogens is 2. The molecule has 21 heavy (non-hydrogen) atoms. The molecule has 0 saturated carbocycles. The van der Waals surface area contributed by atoms with Gasteiger partial charge in [0.05, 0.1) is 18.0 Å². The summed E-state index contributed by atoms with van der Waals surface area (Å²) < 4.78 is 2.27. The van der Waals surface area contributed by atoms with Crippen LogP contribution in [-0.4, -0.2) is 33.7 Å². The lowest BCUT2D eigenvalue weighted by molar-refractivity contribution is 0.272. The maximum Gasteiger partial charge on any atom is 0.140 e. The summed E-state index contributed by atoms with van der Waals surface area (Å²) in [5.41, 5.74) is 3.02.